The third kappa shape index (κ3) is 5.37. The number of nitrogens with zero attached hydrogens (tertiary/aromatic N) is 5. The van der Waals surface area contributed by atoms with E-state index in [1.165, 1.54) is 18.2 Å². The quantitative estimate of drug-likeness (QED) is 0.222. The number of hydrogen-bond donors (Lipinski definition) is 1. The number of ether oxygens (including phenoxy) is 1. The molecule has 6 aromatic rings. The van der Waals surface area contributed by atoms with E-state index in [4.69, 9.17) is 13.6 Å². The van der Waals surface area contributed by atoms with Gasteiger partial charge in [0.05, 0.1) is 4.90 Å². The van der Waals surface area contributed by atoms with Crippen LogP contribution in [0.25, 0.3) is 33.5 Å². The normalized spacial score (nSPS) is 11.6. The Hall–Kier alpha value is -5.30. The molecule has 212 valence electrons. The third-order valence-corrected chi connectivity index (χ3v) is 7.80. The first kappa shape index (κ1) is 26.9. The van der Waals surface area contributed by atoms with Crippen LogP contribution in [-0.2, 0) is 10.0 Å². The van der Waals surface area contributed by atoms with Gasteiger partial charge in [0.15, 0.2) is 5.58 Å². The van der Waals surface area contributed by atoms with E-state index in [2.05, 4.69) is 43.4 Å². The molecule has 13 heteroatoms. The zero-order valence-corrected chi connectivity index (χ0v) is 23.3. The van der Waals surface area contributed by atoms with Crippen molar-refractivity contribution >= 4 is 43.7 Å². The summed E-state index contributed by atoms with van der Waals surface area (Å²) in [4.78, 5) is 31.1. The van der Waals surface area contributed by atoms with Gasteiger partial charge in [-0.15, -0.1) is 0 Å². The van der Waals surface area contributed by atoms with E-state index in [1.54, 1.807) is 30.3 Å². The summed E-state index contributed by atoms with van der Waals surface area (Å²) in [6, 6.07) is 20.1. The average molecular weight is 585 g/mol. The fourth-order valence-corrected chi connectivity index (χ4v) is 5.35. The van der Waals surface area contributed by atoms with Crippen LogP contribution in [0.1, 0.15) is 13.8 Å². The Morgan fingerprint density at radius 3 is 2.48 bits per heavy atom. The molecule has 3 aromatic carbocycles. The standard InChI is InChI=1S/C29H24N6O6S/c1-3-35(4-2)19-11-10-18-14-22(27(36)41-25(18)15-19)26-32-23-16-21(12-13-24(23)40-26)42(37,38)34-28-30-17-31-29(33-28)39-20-8-6-5-7-9-20/h5-17H,3-4H2,1-2H3,(H,30,31,33,34). The lowest BCUT2D eigenvalue weighted by molar-refractivity contribution is 0.440. The number of sulfonamides is 1. The Balaban J connectivity index is 1.27. The van der Waals surface area contributed by atoms with Gasteiger partial charge in [-0.05, 0) is 62.4 Å². The molecular formula is C29H24N6O6S. The lowest BCUT2D eigenvalue weighted by Crippen LogP contribution is -2.21. The largest absolute Gasteiger partial charge is 0.436 e. The predicted molar refractivity (Wildman–Crippen MR) is 156 cm³/mol. The first-order chi connectivity index (χ1) is 20.3. The molecule has 0 aliphatic rings. The second kappa shape index (κ2) is 10.9. The molecule has 0 fully saturated rings. The monoisotopic (exact) mass is 584 g/mol. The van der Waals surface area contributed by atoms with Crippen LogP contribution in [0.2, 0.25) is 0 Å². The Kier molecular flexibility index (Phi) is 7.00. The summed E-state index contributed by atoms with van der Waals surface area (Å²) in [5.41, 5.74) is 1.41. The van der Waals surface area contributed by atoms with Crippen molar-refractivity contribution in [3.8, 4) is 23.2 Å². The number of oxazole rings is 1. The van der Waals surface area contributed by atoms with Crippen LogP contribution in [0.5, 0.6) is 11.8 Å². The number of nitrogens with one attached hydrogen (secondary N) is 1. The van der Waals surface area contributed by atoms with Gasteiger partial charge in [-0.2, -0.15) is 9.97 Å². The summed E-state index contributed by atoms with van der Waals surface area (Å²) >= 11 is 0. The lowest BCUT2D eigenvalue weighted by Gasteiger charge is -2.20. The first-order valence-corrected chi connectivity index (χ1v) is 14.5. The van der Waals surface area contributed by atoms with Gasteiger partial charge in [0.1, 0.15) is 28.7 Å². The first-order valence-electron chi connectivity index (χ1n) is 13.0. The SMILES string of the molecule is CCN(CC)c1ccc2cc(-c3nc4cc(S(=O)(=O)Nc5ncnc(Oc6ccccc6)n5)ccc4o3)c(=O)oc2c1. The third-order valence-electron chi connectivity index (χ3n) is 6.48. The highest BCUT2D eigenvalue weighted by molar-refractivity contribution is 7.92. The van der Waals surface area contributed by atoms with Crippen LogP contribution in [0.15, 0.2) is 97.6 Å². The maximum atomic E-state index is 13.1. The van der Waals surface area contributed by atoms with Crippen LogP contribution in [0.3, 0.4) is 0 Å². The number of rotatable bonds is 9. The maximum absolute atomic E-state index is 13.1. The van der Waals surface area contributed by atoms with Gasteiger partial charge in [-0.3, -0.25) is 0 Å². The minimum absolute atomic E-state index is 0.0103. The molecule has 6 rings (SSSR count). The van der Waals surface area contributed by atoms with Crippen molar-refractivity contribution in [1.29, 1.82) is 0 Å². The molecule has 0 aliphatic carbocycles. The second-order valence-electron chi connectivity index (χ2n) is 9.10. The highest BCUT2D eigenvalue weighted by atomic mass is 32.2. The van der Waals surface area contributed by atoms with Crippen molar-refractivity contribution in [3.05, 3.63) is 89.5 Å². The van der Waals surface area contributed by atoms with Gasteiger partial charge in [-0.1, -0.05) is 18.2 Å². The topological polar surface area (TPSA) is 154 Å². The van der Waals surface area contributed by atoms with Crippen molar-refractivity contribution in [2.75, 3.05) is 22.7 Å². The molecule has 42 heavy (non-hydrogen) atoms. The van der Waals surface area contributed by atoms with Crippen LogP contribution >= 0.6 is 0 Å². The molecule has 0 unspecified atom stereocenters. The van der Waals surface area contributed by atoms with Gasteiger partial charge in [0.25, 0.3) is 10.0 Å². The summed E-state index contributed by atoms with van der Waals surface area (Å²) in [6.07, 6.45) is 1.13. The fourth-order valence-electron chi connectivity index (χ4n) is 4.38. The van der Waals surface area contributed by atoms with Gasteiger partial charge in [-0.25, -0.2) is 27.9 Å². The molecule has 1 N–H and O–H groups in total. The van der Waals surface area contributed by atoms with Gasteiger partial charge >= 0.3 is 11.6 Å². The number of fused-ring (bicyclic) bond motifs is 2. The highest BCUT2D eigenvalue weighted by Gasteiger charge is 2.20. The van der Waals surface area contributed by atoms with Crippen LogP contribution in [0.4, 0.5) is 11.6 Å². The van der Waals surface area contributed by atoms with Gasteiger partial charge in [0.2, 0.25) is 11.8 Å². The number of aromatic nitrogens is 4. The van der Waals surface area contributed by atoms with Gasteiger partial charge in [0, 0.05) is 30.2 Å². The van der Waals surface area contributed by atoms with Crippen LogP contribution < -0.4 is 20.0 Å². The van der Waals surface area contributed by atoms with Gasteiger partial charge < -0.3 is 18.5 Å². The second-order valence-corrected chi connectivity index (χ2v) is 10.8. The average Bonchev–Trinajstić information content (AvgIpc) is 3.41. The Labute approximate surface area is 239 Å². The Morgan fingerprint density at radius 1 is 0.881 bits per heavy atom. The molecule has 0 amide bonds. The molecule has 3 heterocycles. The minimum Gasteiger partial charge on any atom is -0.436 e. The van der Waals surface area contributed by atoms with Crippen molar-refractivity contribution in [1.82, 2.24) is 19.9 Å². The number of para-hydroxylation sites is 1. The molecule has 0 saturated heterocycles. The van der Waals surface area contributed by atoms with Crippen LogP contribution in [0, 0.1) is 0 Å². The molecule has 12 nitrogen and oxygen atoms in total. The van der Waals surface area contributed by atoms with E-state index >= 15 is 0 Å². The molecule has 0 saturated carbocycles. The Bertz CT molecular complexity index is 2070. The zero-order valence-electron chi connectivity index (χ0n) is 22.5. The number of anilines is 2. The smallest absolute Gasteiger partial charge is 0.349 e. The molecule has 3 aromatic heterocycles. The van der Waals surface area contributed by atoms with Crippen molar-refractivity contribution in [2.24, 2.45) is 0 Å². The Morgan fingerprint density at radius 2 is 1.69 bits per heavy atom. The maximum Gasteiger partial charge on any atom is 0.349 e. The van der Waals surface area contributed by atoms with E-state index < -0.39 is 15.6 Å². The van der Waals surface area contributed by atoms with Crippen LogP contribution in [-0.4, -0.2) is 41.4 Å². The molecule has 0 radical (unpaired) electrons. The molecule has 0 atom stereocenters. The predicted octanol–water partition coefficient (Wildman–Crippen LogP) is 5.23. The van der Waals surface area contributed by atoms with E-state index in [0.717, 1.165) is 25.1 Å². The van der Waals surface area contributed by atoms with E-state index in [9.17, 15) is 13.2 Å². The fraction of sp³-hybridized carbons (Fsp3) is 0.138. The van der Waals surface area contributed by atoms with E-state index in [1.807, 2.05) is 24.3 Å². The van der Waals surface area contributed by atoms with E-state index in [-0.39, 0.29) is 33.8 Å². The van der Waals surface area contributed by atoms with E-state index in [0.29, 0.717) is 22.3 Å². The highest BCUT2D eigenvalue weighted by Crippen LogP contribution is 2.28. The van der Waals surface area contributed by atoms with Crippen molar-refractivity contribution < 1.29 is 22.0 Å². The van der Waals surface area contributed by atoms with Crippen molar-refractivity contribution in [2.45, 2.75) is 18.7 Å². The molecule has 0 spiro atoms. The number of hydrogen-bond acceptors (Lipinski definition) is 11. The minimum atomic E-state index is -4.13. The molecular weight excluding hydrogens is 560 g/mol. The zero-order chi connectivity index (χ0) is 29.3. The lowest BCUT2D eigenvalue weighted by atomic mass is 10.1. The molecule has 0 bridgehead atoms. The summed E-state index contributed by atoms with van der Waals surface area (Å²) in [5, 5.41) is 0.697. The summed E-state index contributed by atoms with van der Waals surface area (Å²) in [5.74, 6) is 0.264. The van der Waals surface area contributed by atoms with Crippen molar-refractivity contribution in [3.63, 3.8) is 0 Å². The molecule has 0 aliphatic heterocycles. The summed E-state index contributed by atoms with van der Waals surface area (Å²) in [7, 11) is -4.13. The summed E-state index contributed by atoms with van der Waals surface area (Å²) < 4.78 is 45.5. The summed E-state index contributed by atoms with van der Waals surface area (Å²) in [6.45, 7) is 5.75. The number of benzene rings is 3.